The summed E-state index contributed by atoms with van der Waals surface area (Å²) in [5.41, 5.74) is 6.09. The molecule has 3 aliphatic rings. The Morgan fingerprint density at radius 1 is 0.975 bits per heavy atom. The summed E-state index contributed by atoms with van der Waals surface area (Å²) in [6.07, 6.45) is -1.88. The molecule has 7 rings (SSSR count). The van der Waals surface area contributed by atoms with Crippen molar-refractivity contribution in [3.63, 3.8) is 0 Å². The number of nitrogens with one attached hydrogen (secondary N) is 2. The smallest absolute Gasteiger partial charge is 0.212 e. The van der Waals surface area contributed by atoms with E-state index in [2.05, 4.69) is 40.6 Å². The minimum Gasteiger partial charge on any atom is -0.469 e. The summed E-state index contributed by atoms with van der Waals surface area (Å²) < 4.78 is 23.3. The number of ether oxygens (including phenoxy) is 4. The van der Waals surface area contributed by atoms with E-state index in [0.29, 0.717) is 21.7 Å². The second-order valence-electron chi connectivity index (χ2n) is 10.2. The Kier molecular flexibility index (Phi) is 6.68. The van der Waals surface area contributed by atoms with Crippen molar-refractivity contribution in [2.24, 2.45) is 0 Å². The van der Waals surface area contributed by atoms with E-state index < -0.39 is 24.4 Å². The maximum absolute atomic E-state index is 10.0. The van der Waals surface area contributed by atoms with E-state index in [4.69, 9.17) is 35.5 Å². The van der Waals surface area contributed by atoms with Crippen molar-refractivity contribution < 1.29 is 24.1 Å². The van der Waals surface area contributed by atoms with Crippen LogP contribution in [0.3, 0.4) is 0 Å². The van der Waals surface area contributed by atoms with Gasteiger partial charge in [0, 0.05) is 18.7 Å². The molecule has 5 heterocycles. The predicted octanol–water partition coefficient (Wildman–Crippen LogP) is 3.99. The van der Waals surface area contributed by atoms with Gasteiger partial charge >= 0.3 is 0 Å². The number of hydrogen-bond acceptors (Lipinski definition) is 8. The summed E-state index contributed by atoms with van der Waals surface area (Å²) in [5.74, 6) is 0.283. The summed E-state index contributed by atoms with van der Waals surface area (Å²) in [4.78, 5) is 7.90. The largest absolute Gasteiger partial charge is 0.469 e. The quantitative estimate of drug-likeness (QED) is 0.336. The highest BCUT2D eigenvalue weighted by molar-refractivity contribution is 6.33. The Morgan fingerprint density at radius 2 is 1.70 bits per heavy atom. The number of aliphatic hydroxyl groups is 1. The molecule has 3 saturated heterocycles. The molecule has 0 saturated carbocycles. The molecule has 5 atom stereocenters. The van der Waals surface area contributed by atoms with Crippen LogP contribution >= 0.6 is 11.6 Å². The van der Waals surface area contributed by atoms with E-state index in [1.165, 1.54) is 0 Å². The molecule has 5 unspecified atom stereocenters. The van der Waals surface area contributed by atoms with Gasteiger partial charge in [0.05, 0.1) is 42.2 Å². The van der Waals surface area contributed by atoms with Crippen molar-refractivity contribution in [2.75, 3.05) is 32.9 Å². The van der Waals surface area contributed by atoms with Crippen molar-refractivity contribution >= 4 is 22.6 Å². The number of pyridine rings is 1. The molecule has 0 spiro atoms. The molecule has 9 nitrogen and oxygen atoms in total. The average Bonchev–Trinajstić information content (AvgIpc) is 3.67. The molecule has 2 aromatic heterocycles. The molecular formula is C30H27ClN4O5. The molecule has 0 bridgehead atoms. The topological polar surface area (TPSA) is 122 Å². The van der Waals surface area contributed by atoms with Crippen LogP contribution in [0.2, 0.25) is 5.02 Å². The van der Waals surface area contributed by atoms with Gasteiger partial charge in [-0.25, -0.2) is 4.98 Å². The van der Waals surface area contributed by atoms with Gasteiger partial charge in [-0.05, 0) is 22.8 Å². The first-order chi connectivity index (χ1) is 19.6. The van der Waals surface area contributed by atoms with Crippen molar-refractivity contribution in [3.05, 3.63) is 70.7 Å². The van der Waals surface area contributed by atoms with Gasteiger partial charge in [0.2, 0.25) is 5.88 Å². The van der Waals surface area contributed by atoms with Crippen molar-refractivity contribution in [1.29, 1.82) is 5.26 Å². The van der Waals surface area contributed by atoms with Crippen LogP contribution < -0.4 is 10.1 Å². The van der Waals surface area contributed by atoms with Gasteiger partial charge in [-0.1, -0.05) is 60.1 Å². The van der Waals surface area contributed by atoms with Gasteiger partial charge in [0.1, 0.15) is 35.5 Å². The molecule has 40 heavy (non-hydrogen) atoms. The van der Waals surface area contributed by atoms with Crippen LogP contribution in [-0.4, -0.2) is 72.4 Å². The van der Waals surface area contributed by atoms with E-state index in [0.717, 1.165) is 42.0 Å². The number of nitriles is 1. The highest BCUT2D eigenvalue weighted by Gasteiger charge is 2.48. The zero-order valence-corrected chi connectivity index (χ0v) is 22.2. The maximum atomic E-state index is 10.0. The fourth-order valence-electron chi connectivity index (χ4n) is 5.65. The molecule has 4 aromatic rings. The summed E-state index contributed by atoms with van der Waals surface area (Å²) >= 11 is 6.66. The van der Waals surface area contributed by atoms with Crippen LogP contribution in [0.1, 0.15) is 17.2 Å². The monoisotopic (exact) mass is 558 g/mol. The SMILES string of the molecule is N#Cc1c(OC2COC3C(O)COC23)[nH]c2cc(Cl)c(-c3ccc(-c4ccc(C5CNCCO5)cc4)cc3)nc12. The van der Waals surface area contributed by atoms with Crippen molar-refractivity contribution in [1.82, 2.24) is 15.3 Å². The Hall–Kier alpha value is -3.49. The lowest BCUT2D eigenvalue weighted by atomic mass is 9.99. The van der Waals surface area contributed by atoms with Crippen molar-refractivity contribution in [2.45, 2.75) is 30.5 Å². The van der Waals surface area contributed by atoms with Gasteiger partial charge in [-0.2, -0.15) is 5.26 Å². The number of aromatic amines is 1. The molecule has 10 heteroatoms. The molecule has 0 aliphatic carbocycles. The number of fused-ring (bicyclic) bond motifs is 2. The summed E-state index contributed by atoms with van der Waals surface area (Å²) in [6, 6.07) is 20.4. The standard InChI is InChI=1S/C30H27ClN4O5/c31-21-11-22-27(20(12-32)30(34-22)40-25-15-39-28-23(36)14-38-29(25)28)35-26(21)19-7-3-17(4-8-19)16-1-5-18(6-2-16)24-13-33-9-10-37-24/h1-8,11,23-25,28-29,33-34,36H,9-10,13-15H2. The number of aromatic nitrogens is 2. The molecule has 2 aromatic carbocycles. The van der Waals surface area contributed by atoms with E-state index in [1.54, 1.807) is 6.07 Å². The molecule has 3 N–H and O–H groups in total. The first-order valence-electron chi connectivity index (χ1n) is 13.3. The molecule has 3 aliphatic heterocycles. The minimum absolute atomic E-state index is 0.0818. The Morgan fingerprint density at radius 3 is 2.42 bits per heavy atom. The Bertz CT molecular complexity index is 1580. The summed E-state index contributed by atoms with van der Waals surface area (Å²) in [5, 5.41) is 23.8. The fraction of sp³-hybridized carbons (Fsp3) is 0.333. The highest BCUT2D eigenvalue weighted by atomic mass is 35.5. The normalized spacial score (nSPS) is 26.1. The van der Waals surface area contributed by atoms with E-state index in [-0.39, 0.29) is 30.8 Å². The third-order valence-corrected chi connectivity index (χ3v) is 8.04. The van der Waals surface area contributed by atoms with Gasteiger partial charge in [-0.15, -0.1) is 0 Å². The number of benzene rings is 2. The number of rotatable bonds is 5. The lowest BCUT2D eigenvalue weighted by molar-refractivity contribution is 0.00789. The molecule has 3 fully saturated rings. The third kappa shape index (κ3) is 4.53. The second-order valence-corrected chi connectivity index (χ2v) is 10.6. The first-order valence-corrected chi connectivity index (χ1v) is 13.7. The van der Waals surface area contributed by atoms with E-state index >= 15 is 0 Å². The van der Waals surface area contributed by atoms with E-state index in [9.17, 15) is 10.4 Å². The molecule has 0 radical (unpaired) electrons. The van der Waals surface area contributed by atoms with E-state index in [1.807, 2.05) is 24.3 Å². The third-order valence-electron chi connectivity index (χ3n) is 7.75. The number of H-pyrrole nitrogens is 1. The number of halogens is 1. The number of morpholine rings is 1. The van der Waals surface area contributed by atoms with Crippen LogP contribution in [0, 0.1) is 11.3 Å². The Balaban J connectivity index is 1.14. The maximum Gasteiger partial charge on any atom is 0.212 e. The fourth-order valence-corrected chi connectivity index (χ4v) is 5.91. The highest BCUT2D eigenvalue weighted by Crippen LogP contribution is 2.36. The van der Waals surface area contributed by atoms with Crippen LogP contribution in [-0.2, 0) is 14.2 Å². The molecule has 204 valence electrons. The summed E-state index contributed by atoms with van der Waals surface area (Å²) in [7, 11) is 0. The van der Waals surface area contributed by atoms with Crippen molar-refractivity contribution in [3.8, 4) is 34.3 Å². The zero-order chi connectivity index (χ0) is 27.2. The Labute approximate surface area is 235 Å². The van der Waals surface area contributed by atoms with Crippen LogP contribution in [0.4, 0.5) is 0 Å². The van der Waals surface area contributed by atoms with Crippen LogP contribution in [0.5, 0.6) is 5.88 Å². The first kappa shape index (κ1) is 25.5. The van der Waals surface area contributed by atoms with Crippen LogP contribution in [0.15, 0.2) is 54.6 Å². The van der Waals surface area contributed by atoms with Gasteiger partial charge in [0.25, 0.3) is 0 Å². The average molecular weight is 559 g/mol. The van der Waals surface area contributed by atoms with Gasteiger partial charge in [0.15, 0.2) is 6.10 Å². The predicted molar refractivity (Wildman–Crippen MR) is 148 cm³/mol. The zero-order valence-electron chi connectivity index (χ0n) is 21.5. The minimum atomic E-state index is -0.681. The summed E-state index contributed by atoms with van der Waals surface area (Å²) in [6.45, 7) is 2.89. The second kappa shape index (κ2) is 10.5. The van der Waals surface area contributed by atoms with Gasteiger partial charge < -0.3 is 34.4 Å². The molecular weight excluding hydrogens is 532 g/mol. The number of hydrogen-bond donors (Lipinski definition) is 3. The number of nitrogens with zero attached hydrogens (tertiary/aromatic N) is 2. The van der Waals surface area contributed by atoms with Gasteiger partial charge in [-0.3, -0.25) is 0 Å². The lowest BCUT2D eigenvalue weighted by Gasteiger charge is -2.24. The lowest BCUT2D eigenvalue weighted by Crippen LogP contribution is -2.34. The molecule has 0 amide bonds. The number of aliphatic hydroxyl groups excluding tert-OH is 1. The van der Waals surface area contributed by atoms with Crippen LogP contribution in [0.25, 0.3) is 33.4 Å².